The lowest BCUT2D eigenvalue weighted by Gasteiger charge is -2.43. The van der Waals surface area contributed by atoms with Crippen LogP contribution >= 0.6 is 11.8 Å². The zero-order chi connectivity index (χ0) is 12.4. The molecule has 3 aliphatic rings. The number of nitrogens with one attached hydrogen (secondary N) is 1. The molecule has 0 aliphatic carbocycles. The van der Waals surface area contributed by atoms with Crippen LogP contribution in [0.4, 0.5) is 0 Å². The topological polar surface area (TPSA) is 35.6 Å². The van der Waals surface area contributed by atoms with Crippen molar-refractivity contribution in [1.29, 1.82) is 0 Å². The van der Waals surface area contributed by atoms with E-state index >= 15 is 0 Å². The first kappa shape index (κ1) is 12.8. The van der Waals surface area contributed by atoms with Gasteiger partial charge in [-0.3, -0.25) is 9.69 Å². The molecule has 0 bridgehead atoms. The van der Waals surface area contributed by atoms with Crippen molar-refractivity contribution < 1.29 is 4.79 Å². The van der Waals surface area contributed by atoms with Gasteiger partial charge in [-0.05, 0) is 18.6 Å². The minimum Gasteiger partial charge on any atom is -0.339 e. The molecule has 18 heavy (non-hydrogen) atoms. The number of rotatable bonds is 2. The molecule has 4 nitrogen and oxygen atoms in total. The standard InChI is InChI=1S/C13H23N3OS/c17-13(12-3-1-2-8-18-12)16-6-4-15(5-7-16)11-9-14-10-11/h11-12,14H,1-10H2. The summed E-state index contributed by atoms with van der Waals surface area (Å²) < 4.78 is 0. The highest BCUT2D eigenvalue weighted by Gasteiger charge is 2.32. The molecule has 0 aromatic heterocycles. The number of hydrogen-bond donors (Lipinski definition) is 1. The van der Waals surface area contributed by atoms with Crippen LogP contribution in [0.5, 0.6) is 0 Å². The fraction of sp³-hybridized carbons (Fsp3) is 0.923. The van der Waals surface area contributed by atoms with Crippen molar-refractivity contribution in [3.8, 4) is 0 Å². The van der Waals surface area contributed by atoms with Crippen LogP contribution in [0.25, 0.3) is 0 Å². The first-order valence-corrected chi connectivity index (χ1v) is 8.24. The number of piperazine rings is 1. The fourth-order valence-electron chi connectivity index (χ4n) is 2.98. The van der Waals surface area contributed by atoms with E-state index in [1.165, 1.54) is 18.6 Å². The summed E-state index contributed by atoms with van der Waals surface area (Å²) in [4.78, 5) is 17.0. The summed E-state index contributed by atoms with van der Waals surface area (Å²) >= 11 is 1.87. The van der Waals surface area contributed by atoms with E-state index in [4.69, 9.17) is 0 Å². The van der Waals surface area contributed by atoms with Crippen LogP contribution in [-0.2, 0) is 4.79 Å². The molecule has 0 aromatic rings. The van der Waals surface area contributed by atoms with E-state index < -0.39 is 0 Å². The van der Waals surface area contributed by atoms with Gasteiger partial charge in [0.2, 0.25) is 5.91 Å². The lowest BCUT2D eigenvalue weighted by atomic mass is 10.1. The van der Waals surface area contributed by atoms with Gasteiger partial charge in [-0.1, -0.05) is 6.42 Å². The molecule has 1 N–H and O–H groups in total. The smallest absolute Gasteiger partial charge is 0.235 e. The van der Waals surface area contributed by atoms with Gasteiger partial charge in [-0.15, -0.1) is 11.8 Å². The van der Waals surface area contributed by atoms with Crippen LogP contribution in [0.2, 0.25) is 0 Å². The summed E-state index contributed by atoms with van der Waals surface area (Å²) in [7, 11) is 0. The Kier molecular flexibility index (Phi) is 4.11. The second kappa shape index (κ2) is 5.80. The number of carbonyl (C=O) groups excluding carboxylic acids is 1. The van der Waals surface area contributed by atoms with Crippen molar-refractivity contribution in [3.05, 3.63) is 0 Å². The van der Waals surface area contributed by atoms with Gasteiger partial charge in [-0.25, -0.2) is 0 Å². The van der Waals surface area contributed by atoms with Crippen molar-refractivity contribution >= 4 is 17.7 Å². The monoisotopic (exact) mass is 269 g/mol. The van der Waals surface area contributed by atoms with Crippen molar-refractivity contribution in [2.75, 3.05) is 45.0 Å². The highest BCUT2D eigenvalue weighted by atomic mass is 32.2. The zero-order valence-corrected chi connectivity index (χ0v) is 11.8. The van der Waals surface area contributed by atoms with Gasteiger partial charge in [-0.2, -0.15) is 0 Å². The van der Waals surface area contributed by atoms with E-state index in [9.17, 15) is 4.79 Å². The number of hydrogen-bond acceptors (Lipinski definition) is 4. The summed E-state index contributed by atoms with van der Waals surface area (Å²) in [6.45, 7) is 6.27. The first-order chi connectivity index (χ1) is 8.84. The number of thioether (sulfide) groups is 1. The highest BCUT2D eigenvalue weighted by molar-refractivity contribution is 8.00. The maximum Gasteiger partial charge on any atom is 0.235 e. The zero-order valence-electron chi connectivity index (χ0n) is 10.9. The van der Waals surface area contributed by atoms with Crippen LogP contribution in [0.15, 0.2) is 0 Å². The van der Waals surface area contributed by atoms with E-state index in [0.717, 1.165) is 51.7 Å². The quantitative estimate of drug-likeness (QED) is 0.786. The second-order valence-electron chi connectivity index (χ2n) is 5.53. The summed E-state index contributed by atoms with van der Waals surface area (Å²) in [6, 6.07) is 0.728. The molecule has 3 aliphatic heterocycles. The van der Waals surface area contributed by atoms with Gasteiger partial charge < -0.3 is 10.2 Å². The molecule has 1 atom stereocenters. The summed E-state index contributed by atoms with van der Waals surface area (Å²) in [5.41, 5.74) is 0. The third-order valence-corrected chi connectivity index (χ3v) is 5.72. The van der Waals surface area contributed by atoms with Crippen molar-refractivity contribution in [3.63, 3.8) is 0 Å². The molecule has 3 saturated heterocycles. The van der Waals surface area contributed by atoms with Crippen LogP contribution in [0.3, 0.4) is 0 Å². The predicted octanol–water partition coefficient (Wildman–Crippen LogP) is 0.388. The molecule has 0 saturated carbocycles. The Morgan fingerprint density at radius 2 is 1.89 bits per heavy atom. The van der Waals surface area contributed by atoms with Gasteiger partial charge in [0, 0.05) is 45.3 Å². The molecule has 0 spiro atoms. The molecular weight excluding hydrogens is 246 g/mol. The van der Waals surface area contributed by atoms with Crippen LogP contribution in [0.1, 0.15) is 19.3 Å². The summed E-state index contributed by atoms with van der Waals surface area (Å²) in [5, 5.41) is 3.58. The molecule has 3 heterocycles. The van der Waals surface area contributed by atoms with E-state index in [0.29, 0.717) is 5.91 Å². The second-order valence-corrected chi connectivity index (χ2v) is 6.84. The Hall–Kier alpha value is -0.260. The average molecular weight is 269 g/mol. The average Bonchev–Trinajstić information content (AvgIpc) is 2.38. The SMILES string of the molecule is O=C(C1CCCCS1)N1CCN(C2CNC2)CC1. The molecule has 1 unspecified atom stereocenters. The molecule has 0 radical (unpaired) electrons. The molecule has 5 heteroatoms. The summed E-state index contributed by atoms with van der Waals surface area (Å²) in [6.07, 6.45) is 3.62. The molecule has 3 fully saturated rings. The molecule has 102 valence electrons. The molecule has 0 aromatic carbocycles. The fourth-order valence-corrected chi connectivity index (χ4v) is 4.26. The van der Waals surface area contributed by atoms with Crippen LogP contribution in [-0.4, -0.2) is 72.0 Å². The Bertz CT molecular complexity index is 295. The Morgan fingerprint density at radius 3 is 2.44 bits per heavy atom. The van der Waals surface area contributed by atoms with Crippen molar-refractivity contribution in [2.24, 2.45) is 0 Å². The summed E-state index contributed by atoms with van der Waals surface area (Å²) in [5.74, 6) is 1.58. The molecular formula is C13H23N3OS. The maximum atomic E-state index is 12.4. The minimum absolute atomic E-state index is 0.260. The normalized spacial score (nSPS) is 31.1. The van der Waals surface area contributed by atoms with Crippen LogP contribution < -0.4 is 5.32 Å². The third kappa shape index (κ3) is 2.68. The van der Waals surface area contributed by atoms with E-state index in [1.54, 1.807) is 0 Å². The van der Waals surface area contributed by atoms with Gasteiger partial charge in [0.25, 0.3) is 0 Å². The molecule has 1 amide bonds. The van der Waals surface area contributed by atoms with Crippen molar-refractivity contribution in [1.82, 2.24) is 15.1 Å². The van der Waals surface area contributed by atoms with E-state index in [1.807, 2.05) is 11.8 Å². The number of carbonyl (C=O) groups is 1. The van der Waals surface area contributed by atoms with Gasteiger partial charge in [0.1, 0.15) is 0 Å². The lowest BCUT2D eigenvalue weighted by Crippen LogP contribution is -2.62. The lowest BCUT2D eigenvalue weighted by molar-refractivity contribution is -0.133. The number of nitrogens with zero attached hydrogens (tertiary/aromatic N) is 2. The Balaban J connectivity index is 1.47. The Labute approximate surface area is 113 Å². The van der Waals surface area contributed by atoms with E-state index in [-0.39, 0.29) is 5.25 Å². The van der Waals surface area contributed by atoms with E-state index in [2.05, 4.69) is 15.1 Å². The van der Waals surface area contributed by atoms with Gasteiger partial charge >= 0.3 is 0 Å². The van der Waals surface area contributed by atoms with Crippen molar-refractivity contribution in [2.45, 2.75) is 30.6 Å². The largest absolute Gasteiger partial charge is 0.339 e. The predicted molar refractivity (Wildman–Crippen MR) is 74.9 cm³/mol. The minimum atomic E-state index is 0.260. The number of amides is 1. The first-order valence-electron chi connectivity index (χ1n) is 7.20. The van der Waals surface area contributed by atoms with Crippen LogP contribution in [0, 0.1) is 0 Å². The Morgan fingerprint density at radius 1 is 1.11 bits per heavy atom. The third-order valence-electron chi connectivity index (χ3n) is 4.36. The van der Waals surface area contributed by atoms with Gasteiger partial charge in [0.15, 0.2) is 0 Å². The van der Waals surface area contributed by atoms with Gasteiger partial charge in [0.05, 0.1) is 5.25 Å². The molecule has 3 rings (SSSR count). The highest BCUT2D eigenvalue weighted by Crippen LogP contribution is 2.27. The maximum absolute atomic E-state index is 12.4.